The minimum atomic E-state index is -0.230. The van der Waals surface area contributed by atoms with Gasteiger partial charge in [-0.2, -0.15) is 0 Å². The quantitative estimate of drug-likeness (QED) is 0.803. The molecule has 2 rings (SSSR count). The van der Waals surface area contributed by atoms with Gasteiger partial charge in [0.1, 0.15) is 5.82 Å². The van der Waals surface area contributed by atoms with Crippen LogP contribution in [0.3, 0.4) is 0 Å². The molecule has 0 aliphatic carbocycles. The second-order valence-electron chi connectivity index (χ2n) is 4.84. The smallest absolute Gasteiger partial charge is 0.137 e. The van der Waals surface area contributed by atoms with Crippen LogP contribution < -0.4 is 5.32 Å². The third kappa shape index (κ3) is 3.57. The summed E-state index contributed by atoms with van der Waals surface area (Å²) in [5.41, 5.74) is 3.48. The standard InChI is InChI=1S/C16H17BrFN/c1-11(2)13-5-3-4-6-16(13)19-10-12-7-8-15(18)14(17)9-12/h3-9,11,19H,10H2,1-2H3. The Morgan fingerprint density at radius 3 is 2.58 bits per heavy atom. The molecule has 0 aliphatic heterocycles. The highest BCUT2D eigenvalue weighted by Crippen LogP contribution is 2.24. The SMILES string of the molecule is CC(C)c1ccccc1NCc1ccc(F)c(Br)c1. The van der Waals surface area contributed by atoms with Crippen LogP contribution in [0.15, 0.2) is 46.9 Å². The summed E-state index contributed by atoms with van der Waals surface area (Å²) in [6.45, 7) is 5.03. The van der Waals surface area contributed by atoms with Gasteiger partial charge in [-0.05, 0) is 51.2 Å². The van der Waals surface area contributed by atoms with Gasteiger partial charge < -0.3 is 5.32 Å². The highest BCUT2D eigenvalue weighted by molar-refractivity contribution is 9.10. The minimum Gasteiger partial charge on any atom is -0.381 e. The fourth-order valence-electron chi connectivity index (χ4n) is 2.01. The zero-order chi connectivity index (χ0) is 13.8. The van der Waals surface area contributed by atoms with Gasteiger partial charge in [-0.15, -0.1) is 0 Å². The molecule has 2 aromatic rings. The van der Waals surface area contributed by atoms with Crippen molar-refractivity contribution in [1.29, 1.82) is 0 Å². The van der Waals surface area contributed by atoms with Gasteiger partial charge >= 0.3 is 0 Å². The van der Waals surface area contributed by atoms with Crippen molar-refractivity contribution in [2.45, 2.75) is 26.3 Å². The Morgan fingerprint density at radius 2 is 1.89 bits per heavy atom. The van der Waals surface area contributed by atoms with E-state index in [9.17, 15) is 4.39 Å². The number of benzene rings is 2. The molecule has 0 amide bonds. The number of halogens is 2. The van der Waals surface area contributed by atoms with Gasteiger partial charge in [0.05, 0.1) is 4.47 Å². The largest absolute Gasteiger partial charge is 0.381 e. The molecule has 0 heterocycles. The molecule has 2 aromatic carbocycles. The molecule has 0 aromatic heterocycles. The van der Waals surface area contributed by atoms with E-state index >= 15 is 0 Å². The van der Waals surface area contributed by atoms with Gasteiger partial charge in [-0.25, -0.2) is 4.39 Å². The van der Waals surface area contributed by atoms with Gasteiger partial charge in [0.2, 0.25) is 0 Å². The maximum absolute atomic E-state index is 13.2. The predicted octanol–water partition coefficient (Wildman–Crippen LogP) is 5.32. The highest BCUT2D eigenvalue weighted by atomic mass is 79.9. The van der Waals surface area contributed by atoms with Crippen molar-refractivity contribution in [3.05, 3.63) is 63.9 Å². The molecule has 19 heavy (non-hydrogen) atoms. The number of hydrogen-bond acceptors (Lipinski definition) is 1. The molecule has 0 bridgehead atoms. The number of nitrogens with one attached hydrogen (secondary N) is 1. The van der Waals surface area contributed by atoms with E-state index in [0.717, 1.165) is 11.3 Å². The molecule has 0 saturated carbocycles. The predicted molar refractivity (Wildman–Crippen MR) is 82.0 cm³/mol. The highest BCUT2D eigenvalue weighted by Gasteiger charge is 2.06. The molecule has 0 aliphatic rings. The maximum Gasteiger partial charge on any atom is 0.137 e. The molecule has 1 nitrogen and oxygen atoms in total. The van der Waals surface area contributed by atoms with E-state index in [-0.39, 0.29) is 5.82 Å². The number of hydrogen-bond donors (Lipinski definition) is 1. The Kier molecular flexibility index (Phi) is 4.59. The van der Waals surface area contributed by atoms with Crippen molar-refractivity contribution in [2.24, 2.45) is 0 Å². The van der Waals surface area contributed by atoms with E-state index < -0.39 is 0 Å². The van der Waals surface area contributed by atoms with Crippen molar-refractivity contribution in [3.63, 3.8) is 0 Å². The number of anilines is 1. The maximum atomic E-state index is 13.2. The van der Waals surface area contributed by atoms with Crippen LogP contribution >= 0.6 is 15.9 Å². The summed E-state index contributed by atoms with van der Waals surface area (Å²) in [4.78, 5) is 0. The summed E-state index contributed by atoms with van der Waals surface area (Å²) >= 11 is 3.21. The molecule has 0 unspecified atom stereocenters. The molecular formula is C16H17BrFN. The van der Waals surface area contributed by atoms with E-state index in [4.69, 9.17) is 0 Å². The van der Waals surface area contributed by atoms with E-state index in [1.165, 1.54) is 11.6 Å². The van der Waals surface area contributed by atoms with Crippen LogP contribution in [0.5, 0.6) is 0 Å². The third-order valence-corrected chi connectivity index (χ3v) is 3.66. The normalized spacial score (nSPS) is 10.8. The third-order valence-electron chi connectivity index (χ3n) is 3.05. The zero-order valence-corrected chi connectivity index (χ0v) is 12.7. The number of para-hydroxylation sites is 1. The summed E-state index contributed by atoms with van der Waals surface area (Å²) < 4.78 is 13.7. The lowest BCUT2D eigenvalue weighted by Gasteiger charge is -2.14. The van der Waals surface area contributed by atoms with E-state index in [2.05, 4.69) is 53.3 Å². The molecule has 0 atom stereocenters. The van der Waals surface area contributed by atoms with Crippen molar-refractivity contribution in [2.75, 3.05) is 5.32 Å². The summed E-state index contributed by atoms with van der Waals surface area (Å²) in [6, 6.07) is 13.4. The van der Waals surface area contributed by atoms with Crippen molar-refractivity contribution < 1.29 is 4.39 Å². The monoisotopic (exact) mass is 321 g/mol. The summed E-state index contributed by atoms with van der Waals surface area (Å²) in [6.07, 6.45) is 0. The van der Waals surface area contributed by atoms with Crippen molar-refractivity contribution >= 4 is 21.6 Å². The molecule has 0 spiro atoms. The van der Waals surface area contributed by atoms with Crippen LogP contribution in [0.2, 0.25) is 0 Å². The summed E-state index contributed by atoms with van der Waals surface area (Å²) in [5.74, 6) is 0.245. The minimum absolute atomic E-state index is 0.230. The van der Waals surface area contributed by atoms with Crippen LogP contribution in [0, 0.1) is 5.82 Å². The Bertz CT molecular complexity index is 566. The van der Waals surface area contributed by atoms with Crippen molar-refractivity contribution in [3.8, 4) is 0 Å². The first-order chi connectivity index (χ1) is 9.08. The first-order valence-corrected chi connectivity index (χ1v) is 7.14. The first kappa shape index (κ1) is 14.1. The van der Waals surface area contributed by atoms with Gasteiger partial charge in [-0.1, -0.05) is 38.1 Å². The molecule has 3 heteroatoms. The summed E-state index contributed by atoms with van der Waals surface area (Å²) in [7, 11) is 0. The Morgan fingerprint density at radius 1 is 1.16 bits per heavy atom. The number of rotatable bonds is 4. The lowest BCUT2D eigenvalue weighted by molar-refractivity contribution is 0.620. The molecule has 0 saturated heterocycles. The Balaban J connectivity index is 2.12. The van der Waals surface area contributed by atoms with Gasteiger partial charge in [0.25, 0.3) is 0 Å². The molecular weight excluding hydrogens is 305 g/mol. The van der Waals surface area contributed by atoms with Gasteiger partial charge in [0.15, 0.2) is 0 Å². The average molecular weight is 322 g/mol. The lowest BCUT2D eigenvalue weighted by Crippen LogP contribution is -2.03. The van der Waals surface area contributed by atoms with Crippen LogP contribution in [-0.2, 0) is 6.54 Å². The van der Waals surface area contributed by atoms with E-state index in [1.807, 2.05) is 6.07 Å². The van der Waals surface area contributed by atoms with E-state index in [0.29, 0.717) is 16.9 Å². The van der Waals surface area contributed by atoms with Crippen LogP contribution in [0.4, 0.5) is 10.1 Å². The van der Waals surface area contributed by atoms with Crippen LogP contribution in [0.25, 0.3) is 0 Å². The van der Waals surface area contributed by atoms with Gasteiger partial charge in [-0.3, -0.25) is 0 Å². The lowest BCUT2D eigenvalue weighted by atomic mass is 10.0. The topological polar surface area (TPSA) is 12.0 Å². The summed E-state index contributed by atoms with van der Waals surface area (Å²) in [5, 5.41) is 3.41. The molecule has 1 N–H and O–H groups in total. The van der Waals surface area contributed by atoms with Gasteiger partial charge in [0, 0.05) is 12.2 Å². The second-order valence-corrected chi connectivity index (χ2v) is 5.70. The first-order valence-electron chi connectivity index (χ1n) is 6.34. The Labute approximate surface area is 122 Å². The zero-order valence-electron chi connectivity index (χ0n) is 11.1. The van der Waals surface area contributed by atoms with Crippen LogP contribution in [0.1, 0.15) is 30.9 Å². The van der Waals surface area contributed by atoms with Crippen molar-refractivity contribution in [1.82, 2.24) is 0 Å². The van der Waals surface area contributed by atoms with Crippen LogP contribution in [-0.4, -0.2) is 0 Å². The molecule has 0 fully saturated rings. The Hall–Kier alpha value is -1.35. The molecule has 0 radical (unpaired) electrons. The fraction of sp³-hybridized carbons (Fsp3) is 0.250. The average Bonchev–Trinajstić information content (AvgIpc) is 2.40. The molecule has 100 valence electrons. The van der Waals surface area contributed by atoms with E-state index in [1.54, 1.807) is 12.1 Å². The second kappa shape index (κ2) is 6.20. The fourth-order valence-corrected chi connectivity index (χ4v) is 2.43.